The first-order valence-corrected chi connectivity index (χ1v) is 7.06. The highest BCUT2D eigenvalue weighted by Crippen LogP contribution is 2.29. The van der Waals surface area contributed by atoms with Gasteiger partial charge in [0.1, 0.15) is 0 Å². The van der Waals surface area contributed by atoms with E-state index in [0.29, 0.717) is 11.1 Å². The van der Waals surface area contributed by atoms with E-state index in [2.05, 4.69) is 20.7 Å². The van der Waals surface area contributed by atoms with Crippen LogP contribution in [0.4, 0.5) is 17.6 Å². The Bertz CT molecular complexity index is 754. The monoisotopic (exact) mass is 342 g/mol. The van der Waals surface area contributed by atoms with E-state index in [1.54, 1.807) is 23.4 Å². The smallest absolute Gasteiger partial charge is 0.425 e. The zero-order valence-corrected chi connectivity index (χ0v) is 12.8. The fourth-order valence-electron chi connectivity index (χ4n) is 2.18. The molecule has 0 saturated carbocycles. The van der Waals surface area contributed by atoms with Gasteiger partial charge in [0, 0.05) is 18.0 Å². The summed E-state index contributed by atoms with van der Waals surface area (Å²) in [5.41, 5.74) is 8.66. The van der Waals surface area contributed by atoms with Crippen molar-refractivity contribution in [1.29, 1.82) is 0 Å². The van der Waals surface area contributed by atoms with E-state index in [1.807, 2.05) is 6.92 Å². The molecule has 3 rings (SSSR count). The number of pyridine rings is 1. The third kappa shape index (κ3) is 3.07. The number of fused-ring (bicyclic) bond motifs is 1. The fourth-order valence-corrected chi connectivity index (χ4v) is 2.18. The highest BCUT2D eigenvalue weighted by Gasteiger charge is 2.38. The first-order valence-electron chi connectivity index (χ1n) is 7.06. The maximum atomic E-state index is 14.0. The third-order valence-electron chi connectivity index (χ3n) is 3.59. The molecule has 2 aliphatic heterocycles. The van der Waals surface area contributed by atoms with Crippen LogP contribution in [0.3, 0.4) is 0 Å². The molecule has 0 bridgehead atoms. The number of alkyl halides is 3. The molecule has 0 spiro atoms. The van der Waals surface area contributed by atoms with Gasteiger partial charge < -0.3 is 10.2 Å². The molecule has 3 heterocycles. The van der Waals surface area contributed by atoms with Gasteiger partial charge in [-0.05, 0) is 37.6 Å². The van der Waals surface area contributed by atoms with E-state index in [1.165, 1.54) is 6.20 Å². The van der Waals surface area contributed by atoms with E-state index in [4.69, 9.17) is 0 Å². The quantitative estimate of drug-likeness (QED) is 0.827. The summed E-state index contributed by atoms with van der Waals surface area (Å²) in [4.78, 5) is 3.68. The van der Waals surface area contributed by atoms with Crippen LogP contribution in [0.15, 0.2) is 42.0 Å². The normalized spacial score (nSPS) is 18.2. The topological polar surface area (TPSA) is 49.4 Å². The van der Waals surface area contributed by atoms with E-state index < -0.39 is 24.0 Å². The van der Waals surface area contributed by atoms with Crippen molar-refractivity contribution in [3.63, 3.8) is 0 Å². The molecular weight excluding hydrogens is 328 g/mol. The Labute approximate surface area is 135 Å². The molecule has 0 aromatic carbocycles. The number of nitrogens with one attached hydrogen (secondary N) is 2. The van der Waals surface area contributed by atoms with Crippen LogP contribution in [0.1, 0.15) is 19.4 Å². The van der Waals surface area contributed by atoms with Gasteiger partial charge in [-0.3, -0.25) is 5.01 Å². The second-order valence-corrected chi connectivity index (χ2v) is 5.35. The van der Waals surface area contributed by atoms with Gasteiger partial charge in [-0.1, -0.05) is 0 Å². The lowest BCUT2D eigenvalue weighted by atomic mass is 10.0. The Balaban J connectivity index is 1.84. The van der Waals surface area contributed by atoms with Crippen LogP contribution < -0.4 is 15.7 Å². The number of rotatable bonds is 3. The van der Waals surface area contributed by atoms with Crippen LogP contribution in [0.25, 0.3) is 5.57 Å². The molecule has 0 amide bonds. The molecule has 2 aliphatic rings. The van der Waals surface area contributed by atoms with E-state index in [0.717, 1.165) is 24.4 Å². The predicted molar refractivity (Wildman–Crippen MR) is 78.3 cm³/mol. The summed E-state index contributed by atoms with van der Waals surface area (Å²) < 4.78 is 56.0. The molecule has 1 aromatic heterocycles. The molecule has 2 N–H and O–H groups in total. The number of aromatic nitrogens is 1. The molecule has 5 nitrogen and oxygen atoms in total. The number of hydrogen-bond donors (Lipinski definition) is 2. The Hall–Kier alpha value is -2.55. The van der Waals surface area contributed by atoms with E-state index >= 15 is 0 Å². The first-order chi connectivity index (χ1) is 11.3. The maximum Gasteiger partial charge on any atom is 0.425 e. The molecule has 0 fully saturated rings. The number of hydrogen-bond acceptors (Lipinski definition) is 5. The molecule has 0 saturated heterocycles. The molecular formula is C15H14F4N4O. The average Bonchev–Trinajstić information content (AvgIpc) is 2.89. The lowest BCUT2D eigenvalue weighted by Gasteiger charge is -2.20. The van der Waals surface area contributed by atoms with Gasteiger partial charge in [-0.2, -0.15) is 13.2 Å². The number of hydrazine groups is 2. The number of ether oxygens (including phenoxy) is 1. The summed E-state index contributed by atoms with van der Waals surface area (Å²) in [5.74, 6) is -1.63. The van der Waals surface area contributed by atoms with Crippen LogP contribution in [0, 0.1) is 5.82 Å². The second-order valence-electron chi connectivity index (χ2n) is 5.35. The fraction of sp³-hybridized carbons (Fsp3) is 0.267. The van der Waals surface area contributed by atoms with Crippen molar-refractivity contribution in [2.75, 3.05) is 0 Å². The Morgan fingerprint density at radius 3 is 2.75 bits per heavy atom. The highest BCUT2D eigenvalue weighted by molar-refractivity contribution is 5.77. The number of allylic oxidation sites excluding steroid dienone is 4. The van der Waals surface area contributed by atoms with Crippen LogP contribution in [0.2, 0.25) is 0 Å². The standard InChI is InChI=1S/C15H14F4N4O/c1-8-13-6-10(3-4-23(13)22-21-8)11-5-12(16)14(20-7-11)24-9(2)15(17,18)19/h3-7,9,21-22H,1-2H3. The minimum absolute atomic E-state index is 0.433. The summed E-state index contributed by atoms with van der Waals surface area (Å²) >= 11 is 0. The van der Waals surface area contributed by atoms with Crippen molar-refractivity contribution in [1.82, 2.24) is 21.0 Å². The summed E-state index contributed by atoms with van der Waals surface area (Å²) in [6, 6.07) is 1.10. The van der Waals surface area contributed by atoms with Gasteiger partial charge in [-0.25, -0.2) is 9.37 Å². The summed E-state index contributed by atoms with van der Waals surface area (Å²) in [7, 11) is 0. The average molecular weight is 342 g/mol. The summed E-state index contributed by atoms with van der Waals surface area (Å²) in [6.45, 7) is 2.66. The molecule has 0 aliphatic carbocycles. The number of halogens is 4. The van der Waals surface area contributed by atoms with Crippen LogP contribution in [0.5, 0.6) is 5.88 Å². The van der Waals surface area contributed by atoms with Crippen LogP contribution in [-0.2, 0) is 0 Å². The van der Waals surface area contributed by atoms with Gasteiger partial charge in [0.05, 0.1) is 11.4 Å². The van der Waals surface area contributed by atoms with Gasteiger partial charge in [0.25, 0.3) is 5.88 Å². The second kappa shape index (κ2) is 5.82. The molecule has 9 heteroatoms. The Kier molecular flexibility index (Phi) is 3.96. The number of nitrogens with zero attached hydrogens (tertiary/aromatic N) is 2. The lowest BCUT2D eigenvalue weighted by molar-refractivity contribution is -0.190. The van der Waals surface area contributed by atoms with Crippen molar-refractivity contribution in [3.05, 3.63) is 53.4 Å². The van der Waals surface area contributed by atoms with Crippen molar-refractivity contribution < 1.29 is 22.3 Å². The Morgan fingerprint density at radius 2 is 2.08 bits per heavy atom. The van der Waals surface area contributed by atoms with Gasteiger partial charge >= 0.3 is 6.18 Å². The Morgan fingerprint density at radius 1 is 1.33 bits per heavy atom. The third-order valence-corrected chi connectivity index (χ3v) is 3.59. The highest BCUT2D eigenvalue weighted by atomic mass is 19.4. The molecule has 128 valence electrons. The first kappa shape index (κ1) is 16.3. The maximum absolute atomic E-state index is 14.0. The lowest BCUT2D eigenvalue weighted by Crippen LogP contribution is -2.34. The zero-order chi connectivity index (χ0) is 17.5. The molecule has 1 atom stereocenters. The molecule has 0 radical (unpaired) electrons. The van der Waals surface area contributed by atoms with Gasteiger partial charge in [0.2, 0.25) is 0 Å². The van der Waals surface area contributed by atoms with Crippen molar-refractivity contribution >= 4 is 5.57 Å². The van der Waals surface area contributed by atoms with E-state index in [9.17, 15) is 17.6 Å². The minimum atomic E-state index is -4.59. The molecule has 24 heavy (non-hydrogen) atoms. The van der Waals surface area contributed by atoms with Crippen molar-refractivity contribution in [2.24, 2.45) is 0 Å². The van der Waals surface area contributed by atoms with Crippen molar-refractivity contribution in [3.8, 4) is 5.88 Å². The molecule has 1 aromatic rings. The van der Waals surface area contributed by atoms with Crippen molar-refractivity contribution in [2.45, 2.75) is 26.1 Å². The minimum Gasteiger partial charge on any atom is -0.463 e. The van der Waals surface area contributed by atoms with Crippen LogP contribution >= 0.6 is 0 Å². The predicted octanol–water partition coefficient (Wildman–Crippen LogP) is 3.02. The van der Waals surface area contributed by atoms with Gasteiger partial charge in [0.15, 0.2) is 11.9 Å². The summed E-state index contributed by atoms with van der Waals surface area (Å²) in [6.07, 6.45) is -0.182. The van der Waals surface area contributed by atoms with E-state index in [-0.39, 0.29) is 0 Å². The van der Waals surface area contributed by atoms with Crippen LogP contribution in [-0.4, -0.2) is 22.3 Å². The van der Waals surface area contributed by atoms with Gasteiger partial charge in [-0.15, -0.1) is 5.53 Å². The SMILES string of the molecule is CC1=C2C=C(c3cnc(OC(C)C(F)(F)F)c(F)c3)C=CN2NN1. The zero-order valence-electron chi connectivity index (χ0n) is 12.8. The molecule has 1 unspecified atom stereocenters. The summed E-state index contributed by atoms with van der Waals surface area (Å²) in [5, 5.41) is 1.74. The largest absolute Gasteiger partial charge is 0.463 e.